The normalized spacial score (nSPS) is 25.4. The first-order chi connectivity index (χ1) is 10.2. The van der Waals surface area contributed by atoms with E-state index in [9.17, 15) is 0 Å². The Kier molecular flexibility index (Phi) is 5.65. The van der Waals surface area contributed by atoms with Gasteiger partial charge in [0.25, 0.3) is 5.88 Å². The second-order valence-electron chi connectivity index (χ2n) is 5.99. The molecule has 1 heterocycles. The number of nitrogens with zero attached hydrogens (tertiary/aromatic N) is 2. The molecule has 1 saturated carbocycles. The van der Waals surface area contributed by atoms with Crippen molar-refractivity contribution in [3.05, 3.63) is 6.33 Å². The van der Waals surface area contributed by atoms with Gasteiger partial charge in [-0.3, -0.25) is 0 Å². The Morgan fingerprint density at radius 1 is 1.24 bits per heavy atom. The van der Waals surface area contributed by atoms with Crippen LogP contribution < -0.4 is 14.8 Å². The Balaban J connectivity index is 2.08. The lowest BCUT2D eigenvalue weighted by Crippen LogP contribution is -2.29. The van der Waals surface area contributed by atoms with Crippen LogP contribution in [0, 0.1) is 11.8 Å². The van der Waals surface area contributed by atoms with Crippen LogP contribution in [0.5, 0.6) is 11.6 Å². The summed E-state index contributed by atoms with van der Waals surface area (Å²) in [6.45, 7) is 7.58. The van der Waals surface area contributed by atoms with Crippen LogP contribution in [0.15, 0.2) is 6.33 Å². The maximum absolute atomic E-state index is 6.10. The number of rotatable bonds is 6. The van der Waals surface area contributed by atoms with Gasteiger partial charge in [-0.1, -0.05) is 20.8 Å². The van der Waals surface area contributed by atoms with E-state index < -0.39 is 0 Å². The summed E-state index contributed by atoms with van der Waals surface area (Å²) in [5.74, 6) is 3.34. The molecule has 0 spiro atoms. The average Bonchev–Trinajstić information content (AvgIpc) is 2.49. The van der Waals surface area contributed by atoms with Gasteiger partial charge in [-0.25, -0.2) is 4.98 Å². The van der Waals surface area contributed by atoms with Crippen LogP contribution >= 0.6 is 0 Å². The van der Waals surface area contributed by atoms with E-state index in [4.69, 9.17) is 9.47 Å². The molecular weight excluding hydrogens is 266 g/mol. The van der Waals surface area contributed by atoms with Gasteiger partial charge in [-0.15, -0.1) is 0 Å². The quantitative estimate of drug-likeness (QED) is 0.869. The predicted molar refractivity (Wildman–Crippen MR) is 84.0 cm³/mol. The third-order valence-corrected chi connectivity index (χ3v) is 4.35. The van der Waals surface area contributed by atoms with E-state index in [0.717, 1.165) is 31.7 Å². The molecular formula is C16H27N3O2. The summed E-state index contributed by atoms with van der Waals surface area (Å²) in [5, 5.41) is 3.25. The molecule has 21 heavy (non-hydrogen) atoms. The lowest BCUT2D eigenvalue weighted by atomic mass is 9.80. The zero-order chi connectivity index (χ0) is 15.2. The van der Waals surface area contributed by atoms with Gasteiger partial charge < -0.3 is 14.8 Å². The summed E-state index contributed by atoms with van der Waals surface area (Å²) < 4.78 is 11.6. The van der Waals surface area contributed by atoms with E-state index in [-0.39, 0.29) is 6.10 Å². The minimum absolute atomic E-state index is 0.221. The number of anilines is 1. The van der Waals surface area contributed by atoms with Crippen molar-refractivity contribution in [1.29, 1.82) is 0 Å². The Morgan fingerprint density at radius 2 is 2.05 bits per heavy atom. The first kappa shape index (κ1) is 15.9. The minimum atomic E-state index is 0.221. The van der Waals surface area contributed by atoms with Gasteiger partial charge in [0.1, 0.15) is 12.4 Å². The molecule has 118 valence electrons. The van der Waals surface area contributed by atoms with Crippen molar-refractivity contribution in [2.45, 2.75) is 52.6 Å². The third-order valence-electron chi connectivity index (χ3n) is 4.35. The number of methoxy groups -OCH3 is 1. The molecule has 3 atom stereocenters. The monoisotopic (exact) mass is 293 g/mol. The fraction of sp³-hybridized carbons (Fsp3) is 0.750. The average molecular weight is 293 g/mol. The summed E-state index contributed by atoms with van der Waals surface area (Å²) in [4.78, 5) is 8.50. The molecule has 1 fully saturated rings. The van der Waals surface area contributed by atoms with E-state index in [0.29, 0.717) is 23.4 Å². The van der Waals surface area contributed by atoms with Crippen LogP contribution in [0.2, 0.25) is 0 Å². The highest BCUT2D eigenvalue weighted by atomic mass is 16.5. The molecule has 1 N–H and O–H groups in total. The fourth-order valence-electron chi connectivity index (χ4n) is 2.76. The van der Waals surface area contributed by atoms with E-state index >= 15 is 0 Å². The Hall–Kier alpha value is -1.52. The molecule has 0 aliphatic heterocycles. The number of hydrogen-bond donors (Lipinski definition) is 1. The van der Waals surface area contributed by atoms with Gasteiger partial charge in [-0.05, 0) is 37.5 Å². The SMILES string of the molecule is CCCNc1ncnc(OC2CCC(C)C(C)C2)c1OC. The van der Waals surface area contributed by atoms with Crippen LogP contribution in [-0.2, 0) is 0 Å². The Bertz CT molecular complexity index is 453. The molecule has 1 aromatic rings. The van der Waals surface area contributed by atoms with Gasteiger partial charge >= 0.3 is 0 Å². The lowest BCUT2D eigenvalue weighted by Gasteiger charge is -2.32. The highest BCUT2D eigenvalue weighted by molar-refractivity contribution is 5.55. The molecule has 5 heteroatoms. The van der Waals surface area contributed by atoms with Gasteiger partial charge in [0.05, 0.1) is 7.11 Å². The number of hydrogen-bond acceptors (Lipinski definition) is 5. The van der Waals surface area contributed by atoms with E-state index in [2.05, 4.69) is 36.1 Å². The minimum Gasteiger partial charge on any atom is -0.489 e. The zero-order valence-corrected chi connectivity index (χ0v) is 13.6. The molecule has 5 nitrogen and oxygen atoms in total. The molecule has 1 aliphatic rings. The number of ether oxygens (including phenoxy) is 2. The molecule has 0 radical (unpaired) electrons. The smallest absolute Gasteiger partial charge is 0.262 e. The fourth-order valence-corrected chi connectivity index (χ4v) is 2.76. The van der Waals surface area contributed by atoms with E-state index in [1.807, 2.05) is 0 Å². The molecule has 3 unspecified atom stereocenters. The van der Waals surface area contributed by atoms with Crippen LogP contribution in [0.1, 0.15) is 46.5 Å². The van der Waals surface area contributed by atoms with Crippen molar-refractivity contribution in [3.63, 3.8) is 0 Å². The maximum atomic E-state index is 6.10. The van der Waals surface area contributed by atoms with Crippen molar-refractivity contribution in [3.8, 4) is 11.6 Å². The first-order valence-corrected chi connectivity index (χ1v) is 7.95. The molecule has 0 saturated heterocycles. The van der Waals surface area contributed by atoms with Crippen LogP contribution in [-0.4, -0.2) is 29.7 Å². The van der Waals surface area contributed by atoms with Crippen LogP contribution in [0.25, 0.3) is 0 Å². The summed E-state index contributed by atoms with van der Waals surface area (Å²) in [6.07, 6.45) is 6.15. The second-order valence-corrected chi connectivity index (χ2v) is 5.99. The summed E-state index contributed by atoms with van der Waals surface area (Å²) in [7, 11) is 1.63. The van der Waals surface area contributed by atoms with E-state index in [1.54, 1.807) is 7.11 Å². The molecule has 2 rings (SSSR count). The number of aromatic nitrogens is 2. The highest BCUT2D eigenvalue weighted by Gasteiger charge is 2.27. The van der Waals surface area contributed by atoms with Crippen molar-refractivity contribution in [2.24, 2.45) is 11.8 Å². The zero-order valence-electron chi connectivity index (χ0n) is 13.6. The van der Waals surface area contributed by atoms with Gasteiger partial charge in [0.2, 0.25) is 5.75 Å². The highest BCUT2D eigenvalue weighted by Crippen LogP contribution is 2.36. The molecule has 0 aromatic carbocycles. The van der Waals surface area contributed by atoms with Gasteiger partial charge in [0.15, 0.2) is 5.82 Å². The van der Waals surface area contributed by atoms with E-state index in [1.165, 1.54) is 12.7 Å². The molecule has 0 bridgehead atoms. The summed E-state index contributed by atoms with van der Waals surface area (Å²) in [5.41, 5.74) is 0. The van der Waals surface area contributed by atoms with Crippen molar-refractivity contribution in [2.75, 3.05) is 19.0 Å². The summed E-state index contributed by atoms with van der Waals surface area (Å²) in [6, 6.07) is 0. The standard InChI is InChI=1S/C16H27N3O2/c1-5-8-17-15-14(20-4)16(19-10-18-15)21-13-7-6-11(2)12(3)9-13/h10-13H,5-9H2,1-4H3,(H,17,18,19). The topological polar surface area (TPSA) is 56.3 Å². The maximum Gasteiger partial charge on any atom is 0.262 e. The Labute approximate surface area is 127 Å². The Morgan fingerprint density at radius 3 is 2.71 bits per heavy atom. The third kappa shape index (κ3) is 3.99. The molecule has 1 aliphatic carbocycles. The van der Waals surface area contributed by atoms with Crippen molar-refractivity contribution >= 4 is 5.82 Å². The second kappa shape index (κ2) is 7.48. The van der Waals surface area contributed by atoms with Crippen LogP contribution in [0.4, 0.5) is 5.82 Å². The van der Waals surface area contributed by atoms with Crippen molar-refractivity contribution in [1.82, 2.24) is 9.97 Å². The largest absolute Gasteiger partial charge is 0.489 e. The lowest BCUT2D eigenvalue weighted by molar-refractivity contribution is 0.0932. The predicted octanol–water partition coefficient (Wildman–Crippen LogP) is 3.51. The van der Waals surface area contributed by atoms with Crippen LogP contribution in [0.3, 0.4) is 0 Å². The molecule has 1 aromatic heterocycles. The first-order valence-electron chi connectivity index (χ1n) is 7.95. The molecule has 0 amide bonds. The number of nitrogens with one attached hydrogen (secondary N) is 1. The van der Waals surface area contributed by atoms with Gasteiger partial charge in [0, 0.05) is 6.54 Å². The summed E-state index contributed by atoms with van der Waals surface area (Å²) >= 11 is 0. The van der Waals surface area contributed by atoms with Crippen molar-refractivity contribution < 1.29 is 9.47 Å². The van der Waals surface area contributed by atoms with Gasteiger partial charge in [-0.2, -0.15) is 4.98 Å².